The molecule has 0 aliphatic heterocycles. The van der Waals surface area contributed by atoms with E-state index < -0.39 is 17.5 Å². The summed E-state index contributed by atoms with van der Waals surface area (Å²) in [5.41, 5.74) is 12.3. The third-order valence-electron chi connectivity index (χ3n) is 5.90. The molecule has 2 aromatic carbocycles. The van der Waals surface area contributed by atoms with Crippen LogP contribution in [-0.2, 0) is 6.42 Å². The van der Waals surface area contributed by atoms with Crippen molar-refractivity contribution in [2.75, 3.05) is 13.6 Å². The molecule has 1 atom stereocenters. The summed E-state index contributed by atoms with van der Waals surface area (Å²) in [5, 5.41) is 3.41. The summed E-state index contributed by atoms with van der Waals surface area (Å²) in [5.74, 6) is -3.10. The van der Waals surface area contributed by atoms with Gasteiger partial charge in [-0.2, -0.15) is 0 Å². The van der Waals surface area contributed by atoms with Crippen molar-refractivity contribution in [3.63, 3.8) is 0 Å². The van der Waals surface area contributed by atoms with Gasteiger partial charge in [0.2, 0.25) is 0 Å². The SMILES string of the molecule is C=C(NC[CH]([Pb])c1cc(C)c(CCC)c(-c2cc(F)c(F)cc2F)n1)c1ccc(N=C(C)C)c(C)c1.CN. The second-order valence-corrected chi connectivity index (χ2v) is 11.9. The van der Waals surface area contributed by atoms with Crippen molar-refractivity contribution in [3.8, 4) is 11.3 Å². The Morgan fingerprint density at radius 2 is 1.68 bits per heavy atom. The monoisotopic (exact) mass is 717 g/mol. The van der Waals surface area contributed by atoms with Gasteiger partial charge in [0.05, 0.1) is 0 Å². The van der Waals surface area contributed by atoms with Crippen LogP contribution >= 0.6 is 0 Å². The maximum absolute atomic E-state index is 14.7. The van der Waals surface area contributed by atoms with E-state index in [4.69, 9.17) is 4.98 Å². The molecule has 3 radical (unpaired) electrons. The van der Waals surface area contributed by atoms with Gasteiger partial charge in [-0.15, -0.1) is 0 Å². The minimum absolute atomic E-state index is 0.00549. The molecule has 3 aromatic rings. The van der Waals surface area contributed by atoms with Crippen molar-refractivity contribution in [1.29, 1.82) is 0 Å². The molecule has 0 aliphatic carbocycles. The van der Waals surface area contributed by atoms with Gasteiger partial charge in [-0.25, -0.2) is 0 Å². The molecule has 1 unspecified atom stereocenters. The van der Waals surface area contributed by atoms with Crippen LogP contribution in [0.3, 0.4) is 0 Å². The van der Waals surface area contributed by atoms with Crippen LogP contribution in [0.15, 0.2) is 48.0 Å². The Hall–Kier alpha value is -2.53. The summed E-state index contributed by atoms with van der Waals surface area (Å²) in [6.07, 6.45) is 1.50. The maximum atomic E-state index is 14.7. The molecular weight excluding hydrogens is 681 g/mol. The van der Waals surface area contributed by atoms with E-state index in [1.54, 1.807) is 0 Å². The van der Waals surface area contributed by atoms with E-state index >= 15 is 0 Å². The number of rotatable bonds is 9. The molecule has 0 saturated carbocycles. The van der Waals surface area contributed by atoms with Crippen molar-refractivity contribution >= 4 is 42.9 Å². The number of aryl methyl sites for hydroxylation is 2. The van der Waals surface area contributed by atoms with E-state index in [2.05, 4.69) is 28.7 Å². The van der Waals surface area contributed by atoms with Crippen LogP contribution in [0.5, 0.6) is 0 Å². The van der Waals surface area contributed by atoms with Gasteiger partial charge < -0.3 is 5.73 Å². The Bertz CT molecular complexity index is 1320. The predicted molar refractivity (Wildman–Crippen MR) is 154 cm³/mol. The van der Waals surface area contributed by atoms with Gasteiger partial charge in [0.15, 0.2) is 0 Å². The van der Waals surface area contributed by atoms with Gasteiger partial charge in [0, 0.05) is 0 Å². The Kier molecular flexibility index (Phi) is 12.2. The van der Waals surface area contributed by atoms with E-state index in [0.717, 1.165) is 83.3 Å². The number of hydrogen-bond donors (Lipinski definition) is 2. The fourth-order valence-corrected chi connectivity index (χ4v) is 5.01. The molecule has 0 saturated heterocycles. The van der Waals surface area contributed by atoms with E-state index in [9.17, 15) is 13.2 Å². The molecule has 0 amide bonds. The first-order chi connectivity index (χ1) is 18.0. The number of nitrogens with two attached hydrogens (primary N) is 1. The van der Waals surface area contributed by atoms with Crippen LogP contribution in [0, 0.1) is 31.3 Å². The number of benzene rings is 2. The number of aromatic nitrogens is 1. The predicted octanol–water partition coefficient (Wildman–Crippen LogP) is 6.89. The number of pyridine rings is 1. The van der Waals surface area contributed by atoms with Gasteiger partial charge in [0.25, 0.3) is 0 Å². The quantitative estimate of drug-likeness (QED) is 0.144. The van der Waals surface area contributed by atoms with E-state index in [1.165, 1.54) is 7.05 Å². The molecule has 0 bridgehead atoms. The average molecular weight is 717 g/mol. The molecule has 4 nitrogen and oxygen atoms in total. The molecular formula is C30H36F3N4Pb. The molecule has 201 valence electrons. The smallest absolute Gasteiger partial charge is 0.0195 e. The van der Waals surface area contributed by atoms with Crippen LogP contribution in [0.25, 0.3) is 17.0 Å². The van der Waals surface area contributed by atoms with E-state index in [0.29, 0.717) is 24.7 Å². The summed E-state index contributed by atoms with van der Waals surface area (Å²) in [6.45, 7) is 14.7. The number of nitrogens with zero attached hydrogens (tertiary/aromatic N) is 2. The summed E-state index contributed by atoms with van der Waals surface area (Å²) < 4.78 is 42.4. The molecule has 0 spiro atoms. The van der Waals surface area contributed by atoms with E-state index in [-0.39, 0.29) is 9.04 Å². The minimum atomic E-state index is -1.20. The molecule has 0 aliphatic rings. The Morgan fingerprint density at radius 3 is 2.29 bits per heavy atom. The molecule has 8 heteroatoms. The summed E-state index contributed by atoms with van der Waals surface area (Å²) in [4.78, 5) is 9.32. The second-order valence-electron chi connectivity index (χ2n) is 9.16. The number of halogens is 3. The maximum Gasteiger partial charge on any atom is -0.0195 e. The molecule has 38 heavy (non-hydrogen) atoms. The first-order valence-electron chi connectivity index (χ1n) is 12.5. The Labute approximate surface area is 240 Å². The van der Waals surface area contributed by atoms with Crippen molar-refractivity contribution in [1.82, 2.24) is 10.3 Å². The topological polar surface area (TPSA) is 63.3 Å². The Morgan fingerprint density at radius 1 is 1.03 bits per heavy atom. The number of hydrogen-bond acceptors (Lipinski definition) is 4. The normalized spacial score (nSPS) is 11.3. The van der Waals surface area contributed by atoms with Gasteiger partial charge in [-0.05, 0) is 7.05 Å². The van der Waals surface area contributed by atoms with Crippen molar-refractivity contribution in [2.24, 2.45) is 10.7 Å². The molecule has 3 N–H and O–H groups in total. The number of aliphatic imine (C=N–C) groups is 1. The van der Waals surface area contributed by atoms with Crippen molar-refractivity contribution < 1.29 is 13.2 Å². The Balaban J connectivity index is 0.00000247. The standard InChI is InChI=1S/C29H31F3N3.CH5N.Pb/c1-7-8-23-18(4)14-22(35-29(23)24-15-26(31)27(32)16-25(24)30)11-12-33-20(6)21-9-10-28(19(5)13-21)34-17(2)3;1-2;/h9-11,13-16,33H,6-8,12H2,1-5H3;2H2,1H3;. The van der Waals surface area contributed by atoms with Gasteiger partial charge >= 0.3 is 228 Å². The first kappa shape index (κ1) is 31.7. The third kappa shape index (κ3) is 7.99. The molecule has 0 fully saturated rings. The summed E-state index contributed by atoms with van der Waals surface area (Å²) >= 11 is 0.782. The largest absolute Gasteiger partial charge is 0.333 e. The van der Waals surface area contributed by atoms with Gasteiger partial charge in [-0.3, -0.25) is 0 Å². The van der Waals surface area contributed by atoms with Crippen LogP contribution in [-0.4, -0.2) is 50.1 Å². The molecule has 1 heterocycles. The van der Waals surface area contributed by atoms with Crippen LogP contribution < -0.4 is 11.1 Å². The second kappa shape index (κ2) is 14.6. The zero-order valence-electron chi connectivity index (χ0n) is 23.0. The fraction of sp³-hybridized carbons (Fsp3) is 0.333. The zero-order chi connectivity index (χ0) is 28.6. The molecule has 1 aromatic heterocycles. The van der Waals surface area contributed by atoms with Crippen molar-refractivity contribution in [3.05, 3.63) is 88.4 Å². The van der Waals surface area contributed by atoms with Crippen LogP contribution in [0.1, 0.15) is 58.6 Å². The zero-order valence-corrected chi connectivity index (χ0v) is 26.9. The average Bonchev–Trinajstić information content (AvgIpc) is 2.88. The summed E-state index contributed by atoms with van der Waals surface area (Å²) in [7, 11) is 1.50. The molecule has 3 rings (SSSR count). The minimum Gasteiger partial charge on any atom is -0.333 e. The fourth-order valence-electron chi connectivity index (χ4n) is 4.04. The van der Waals surface area contributed by atoms with Crippen LogP contribution in [0.2, 0.25) is 0 Å². The van der Waals surface area contributed by atoms with Crippen molar-refractivity contribution in [2.45, 2.75) is 50.9 Å². The van der Waals surface area contributed by atoms with Gasteiger partial charge in [0.1, 0.15) is 0 Å². The summed E-state index contributed by atoms with van der Waals surface area (Å²) in [6, 6.07) is 9.58. The third-order valence-corrected chi connectivity index (χ3v) is 7.84. The van der Waals surface area contributed by atoms with Gasteiger partial charge in [-0.1, -0.05) is 0 Å². The van der Waals surface area contributed by atoms with Crippen LogP contribution in [0.4, 0.5) is 18.9 Å². The van der Waals surface area contributed by atoms with E-state index in [1.807, 2.05) is 52.8 Å². The number of nitrogens with one attached hydrogen (secondary N) is 1. The first-order valence-corrected chi connectivity index (χ1v) is 14.8.